The molecule has 0 fully saturated rings. The molecule has 0 aromatic carbocycles. The number of nitrogens with one attached hydrogen (secondary N) is 2. The van der Waals surface area contributed by atoms with Gasteiger partial charge in [-0.2, -0.15) is 4.68 Å². The van der Waals surface area contributed by atoms with Crippen molar-refractivity contribution in [3.8, 4) is 5.95 Å². The summed E-state index contributed by atoms with van der Waals surface area (Å²) in [4.78, 5) is 49.8. The molecule has 5 rings (SSSR count). The number of carbonyl (C=O) groups is 1. The molecule has 28 heavy (non-hydrogen) atoms. The molecular formula is C19H15N5O3S. The van der Waals surface area contributed by atoms with Gasteiger partial charge in [0.2, 0.25) is 5.95 Å². The number of H-pyrrole nitrogens is 2. The van der Waals surface area contributed by atoms with Crippen LogP contribution in [0.3, 0.4) is 0 Å². The van der Waals surface area contributed by atoms with Crippen LogP contribution in [-0.2, 0) is 6.42 Å². The highest BCUT2D eigenvalue weighted by molar-refractivity contribution is 7.10. The summed E-state index contributed by atoms with van der Waals surface area (Å²) in [6, 6.07) is 5.33. The Hall–Kier alpha value is -3.33. The molecule has 2 N–H and O–H groups in total. The molecule has 9 heteroatoms. The summed E-state index contributed by atoms with van der Waals surface area (Å²) in [6.07, 6.45) is 2.52. The number of rotatable bonds is 2. The number of ketones is 1. The van der Waals surface area contributed by atoms with E-state index in [1.807, 2.05) is 17.5 Å². The number of thiophene rings is 1. The molecule has 0 amide bonds. The Balaban J connectivity index is 1.72. The Labute approximate surface area is 161 Å². The predicted molar refractivity (Wildman–Crippen MR) is 105 cm³/mol. The topological polar surface area (TPSA) is 113 Å². The number of aryl methyl sites for hydroxylation is 1. The highest BCUT2D eigenvalue weighted by Gasteiger charge is 2.30. The standard InChI is InChI=1S/C19H15N5O3S/c1-9-5-15(26)22-19(21-9)24-18(27)16-11-6-10(14-3-2-4-28-14)7-13(25)12(11)8-20-17(16)23-24/h2-5,8,10H,6-7H2,1H3,(H,20,23)(H,21,22,26)/t10-/m0/s1. The molecule has 0 spiro atoms. The third-order valence-electron chi connectivity index (χ3n) is 5.02. The van der Waals surface area contributed by atoms with E-state index in [1.54, 1.807) is 18.3 Å². The van der Waals surface area contributed by atoms with Crippen LogP contribution in [0.1, 0.15) is 38.8 Å². The van der Waals surface area contributed by atoms with Crippen molar-refractivity contribution >= 4 is 28.2 Å². The smallest absolute Gasteiger partial charge is 0.283 e. The predicted octanol–water partition coefficient (Wildman–Crippen LogP) is 2.08. The van der Waals surface area contributed by atoms with Crippen molar-refractivity contribution in [2.24, 2.45) is 0 Å². The Kier molecular flexibility index (Phi) is 3.66. The molecule has 8 nitrogen and oxygen atoms in total. The zero-order valence-corrected chi connectivity index (χ0v) is 15.7. The van der Waals surface area contributed by atoms with Crippen LogP contribution in [0.2, 0.25) is 0 Å². The highest BCUT2D eigenvalue weighted by Crippen LogP contribution is 2.36. The van der Waals surface area contributed by atoms with Crippen LogP contribution in [0.25, 0.3) is 17.0 Å². The SMILES string of the molecule is Cc1cc(=O)[nH]c(-n2[nH]c3ncc4c(c3c2=O)C[C@H](c2cccs2)CC4=O)n1. The first-order valence-corrected chi connectivity index (χ1v) is 9.67. The van der Waals surface area contributed by atoms with E-state index in [4.69, 9.17) is 0 Å². The van der Waals surface area contributed by atoms with E-state index in [-0.39, 0.29) is 28.8 Å². The van der Waals surface area contributed by atoms with E-state index in [0.717, 1.165) is 4.88 Å². The van der Waals surface area contributed by atoms with Gasteiger partial charge in [-0.3, -0.25) is 24.5 Å². The number of hydrogen-bond donors (Lipinski definition) is 2. The van der Waals surface area contributed by atoms with Crippen LogP contribution in [0, 0.1) is 6.92 Å². The average molecular weight is 393 g/mol. The first kappa shape index (κ1) is 16.8. The quantitative estimate of drug-likeness (QED) is 0.541. The zero-order chi connectivity index (χ0) is 19.4. The van der Waals surface area contributed by atoms with Gasteiger partial charge in [-0.25, -0.2) is 9.97 Å². The zero-order valence-electron chi connectivity index (χ0n) is 14.9. The molecule has 0 unspecified atom stereocenters. The van der Waals surface area contributed by atoms with Gasteiger partial charge >= 0.3 is 0 Å². The van der Waals surface area contributed by atoms with Crippen LogP contribution in [0.5, 0.6) is 0 Å². The van der Waals surface area contributed by atoms with Crippen LogP contribution < -0.4 is 11.1 Å². The van der Waals surface area contributed by atoms with Gasteiger partial charge in [0.25, 0.3) is 11.1 Å². The Morgan fingerprint density at radius 2 is 2.11 bits per heavy atom. The molecule has 0 saturated heterocycles. The van der Waals surface area contributed by atoms with Crippen LogP contribution in [0.4, 0.5) is 0 Å². The van der Waals surface area contributed by atoms with E-state index >= 15 is 0 Å². The molecule has 0 saturated carbocycles. The summed E-state index contributed by atoms with van der Waals surface area (Å²) < 4.78 is 1.17. The van der Waals surface area contributed by atoms with Crippen molar-refractivity contribution in [1.82, 2.24) is 24.7 Å². The summed E-state index contributed by atoms with van der Waals surface area (Å²) in [5, 5.41) is 5.26. The van der Waals surface area contributed by atoms with Gasteiger partial charge in [0, 0.05) is 40.7 Å². The molecule has 1 atom stereocenters. The summed E-state index contributed by atoms with van der Waals surface area (Å²) in [5.74, 6) is 0.132. The Morgan fingerprint density at radius 3 is 2.86 bits per heavy atom. The second-order valence-electron chi connectivity index (χ2n) is 6.88. The van der Waals surface area contributed by atoms with Crippen LogP contribution in [-0.4, -0.2) is 30.5 Å². The van der Waals surface area contributed by atoms with Crippen molar-refractivity contribution in [1.29, 1.82) is 0 Å². The fourth-order valence-electron chi connectivity index (χ4n) is 3.78. The van der Waals surface area contributed by atoms with Crippen molar-refractivity contribution in [2.45, 2.75) is 25.7 Å². The van der Waals surface area contributed by atoms with Gasteiger partial charge in [0.15, 0.2) is 11.4 Å². The van der Waals surface area contributed by atoms with Crippen molar-refractivity contribution < 1.29 is 4.79 Å². The number of hydrogen-bond acceptors (Lipinski definition) is 6. The average Bonchev–Trinajstić information content (AvgIpc) is 3.29. The lowest BCUT2D eigenvalue weighted by atomic mass is 9.82. The minimum atomic E-state index is -0.382. The Morgan fingerprint density at radius 1 is 1.25 bits per heavy atom. The van der Waals surface area contributed by atoms with Gasteiger partial charge in [-0.1, -0.05) is 6.07 Å². The van der Waals surface area contributed by atoms with Gasteiger partial charge < -0.3 is 0 Å². The number of carbonyl (C=O) groups excluding carboxylic acids is 1. The lowest BCUT2D eigenvalue weighted by Gasteiger charge is -2.22. The second kappa shape index (κ2) is 6.10. The number of aromatic nitrogens is 5. The van der Waals surface area contributed by atoms with E-state index in [2.05, 4.69) is 20.1 Å². The maximum atomic E-state index is 13.1. The molecule has 0 bridgehead atoms. The molecule has 1 aliphatic rings. The van der Waals surface area contributed by atoms with Crippen molar-refractivity contribution in [2.75, 3.05) is 0 Å². The first-order chi connectivity index (χ1) is 13.5. The fraction of sp³-hybridized carbons (Fsp3) is 0.211. The summed E-state index contributed by atoms with van der Waals surface area (Å²) in [6.45, 7) is 1.68. The minimum absolute atomic E-state index is 0.0108. The first-order valence-electron chi connectivity index (χ1n) is 8.79. The number of fused-ring (bicyclic) bond motifs is 3. The number of aromatic amines is 2. The van der Waals surface area contributed by atoms with Gasteiger partial charge in [0.05, 0.1) is 5.39 Å². The summed E-state index contributed by atoms with van der Waals surface area (Å²) in [7, 11) is 0. The molecule has 4 aromatic heterocycles. The molecule has 1 aliphatic carbocycles. The van der Waals surface area contributed by atoms with Crippen LogP contribution >= 0.6 is 11.3 Å². The fourth-order valence-corrected chi connectivity index (χ4v) is 4.61. The van der Waals surface area contributed by atoms with Gasteiger partial charge in [0.1, 0.15) is 0 Å². The normalized spacial score (nSPS) is 16.5. The van der Waals surface area contributed by atoms with E-state index in [0.29, 0.717) is 40.7 Å². The third-order valence-corrected chi connectivity index (χ3v) is 6.05. The van der Waals surface area contributed by atoms with Gasteiger partial charge in [-0.05, 0) is 30.4 Å². The third kappa shape index (κ3) is 2.55. The van der Waals surface area contributed by atoms with Crippen LogP contribution in [0.15, 0.2) is 39.4 Å². The van der Waals surface area contributed by atoms with E-state index < -0.39 is 0 Å². The lowest BCUT2D eigenvalue weighted by Crippen LogP contribution is -2.23. The maximum absolute atomic E-state index is 13.1. The van der Waals surface area contributed by atoms with E-state index in [1.165, 1.54) is 16.9 Å². The molecule has 0 aliphatic heterocycles. The number of nitrogens with zero attached hydrogens (tertiary/aromatic N) is 3. The molecule has 4 heterocycles. The lowest BCUT2D eigenvalue weighted by molar-refractivity contribution is 0.0965. The summed E-state index contributed by atoms with van der Waals surface area (Å²) in [5.41, 5.74) is 1.33. The monoisotopic (exact) mass is 393 g/mol. The number of Topliss-reactive ketones (excluding diaryl/α,β-unsaturated/α-hetero) is 1. The molecular weight excluding hydrogens is 378 g/mol. The second-order valence-corrected chi connectivity index (χ2v) is 7.86. The summed E-state index contributed by atoms with van der Waals surface area (Å²) >= 11 is 1.61. The highest BCUT2D eigenvalue weighted by atomic mass is 32.1. The van der Waals surface area contributed by atoms with Crippen molar-refractivity contribution in [3.63, 3.8) is 0 Å². The van der Waals surface area contributed by atoms with Crippen molar-refractivity contribution in [3.05, 3.63) is 72.2 Å². The number of pyridine rings is 1. The van der Waals surface area contributed by atoms with E-state index in [9.17, 15) is 14.4 Å². The van der Waals surface area contributed by atoms with Gasteiger partial charge in [-0.15, -0.1) is 11.3 Å². The molecule has 140 valence electrons. The molecule has 4 aromatic rings. The molecule has 0 radical (unpaired) electrons. The minimum Gasteiger partial charge on any atom is -0.294 e. The maximum Gasteiger partial charge on any atom is 0.283 e. The largest absolute Gasteiger partial charge is 0.294 e. The Bertz CT molecular complexity index is 1350.